The Labute approximate surface area is 82.7 Å². The molecule has 0 spiro atoms. The standard InChI is InChI=1S/C8H5BrClFO/c1-4-2-5(8(10)12)7(11)6(9)3-4/h2-3H,1H3. The maximum absolute atomic E-state index is 13.1. The first-order chi connectivity index (χ1) is 5.52. The van der Waals surface area contributed by atoms with E-state index < -0.39 is 11.1 Å². The summed E-state index contributed by atoms with van der Waals surface area (Å²) >= 11 is 8.13. The van der Waals surface area contributed by atoms with E-state index in [1.807, 2.05) is 0 Å². The molecule has 0 radical (unpaired) electrons. The first-order valence-electron chi connectivity index (χ1n) is 3.18. The molecule has 0 fully saturated rings. The number of aryl methyl sites for hydroxylation is 1. The predicted octanol–water partition coefficient (Wildman–Crippen LogP) is 3.28. The van der Waals surface area contributed by atoms with Crippen LogP contribution in [0.25, 0.3) is 0 Å². The normalized spacial score (nSPS) is 10.0. The maximum atomic E-state index is 13.1. The van der Waals surface area contributed by atoms with Gasteiger partial charge in [0, 0.05) is 0 Å². The molecule has 0 saturated heterocycles. The van der Waals surface area contributed by atoms with Crippen LogP contribution in [0, 0.1) is 12.7 Å². The van der Waals surface area contributed by atoms with Crippen molar-refractivity contribution in [1.29, 1.82) is 0 Å². The number of hydrogen-bond acceptors (Lipinski definition) is 1. The van der Waals surface area contributed by atoms with Gasteiger partial charge in [-0.3, -0.25) is 4.79 Å². The molecule has 0 aliphatic rings. The average Bonchev–Trinajstić information content (AvgIpc) is 1.96. The molecule has 0 aromatic heterocycles. The van der Waals surface area contributed by atoms with E-state index in [1.54, 1.807) is 13.0 Å². The van der Waals surface area contributed by atoms with Crippen LogP contribution >= 0.6 is 27.5 Å². The predicted molar refractivity (Wildman–Crippen MR) is 49.0 cm³/mol. The fourth-order valence-electron chi connectivity index (χ4n) is 0.868. The summed E-state index contributed by atoms with van der Waals surface area (Å²) in [6.07, 6.45) is 0. The highest BCUT2D eigenvalue weighted by molar-refractivity contribution is 9.10. The summed E-state index contributed by atoms with van der Waals surface area (Å²) in [6.45, 7) is 1.76. The van der Waals surface area contributed by atoms with Gasteiger partial charge >= 0.3 is 0 Å². The summed E-state index contributed by atoms with van der Waals surface area (Å²) in [5, 5.41) is -0.781. The van der Waals surface area contributed by atoms with E-state index in [4.69, 9.17) is 11.6 Å². The van der Waals surface area contributed by atoms with Gasteiger partial charge in [0.05, 0.1) is 10.0 Å². The summed E-state index contributed by atoms with van der Waals surface area (Å²) < 4.78 is 13.3. The Bertz CT molecular complexity index is 338. The number of carbonyl (C=O) groups excluding carboxylic acids is 1. The van der Waals surface area contributed by atoms with Gasteiger partial charge in [-0.15, -0.1) is 0 Å². The molecule has 0 heterocycles. The van der Waals surface area contributed by atoms with Crippen molar-refractivity contribution in [3.63, 3.8) is 0 Å². The minimum absolute atomic E-state index is 0.0939. The van der Waals surface area contributed by atoms with Crippen molar-refractivity contribution in [2.45, 2.75) is 6.92 Å². The van der Waals surface area contributed by atoms with Crippen molar-refractivity contribution in [1.82, 2.24) is 0 Å². The Hall–Kier alpha value is -0.410. The quantitative estimate of drug-likeness (QED) is 0.700. The van der Waals surface area contributed by atoms with Crippen LogP contribution in [-0.4, -0.2) is 5.24 Å². The van der Waals surface area contributed by atoms with E-state index in [0.717, 1.165) is 5.56 Å². The highest BCUT2D eigenvalue weighted by Crippen LogP contribution is 2.22. The van der Waals surface area contributed by atoms with Gasteiger partial charge in [-0.25, -0.2) is 4.39 Å². The summed E-state index contributed by atoms with van der Waals surface area (Å²) in [6, 6.07) is 2.99. The lowest BCUT2D eigenvalue weighted by Crippen LogP contribution is -1.96. The van der Waals surface area contributed by atoms with Gasteiger partial charge in [0.25, 0.3) is 5.24 Å². The molecule has 0 aliphatic carbocycles. The molecule has 0 amide bonds. The zero-order chi connectivity index (χ0) is 9.30. The van der Waals surface area contributed by atoms with E-state index >= 15 is 0 Å². The number of hydrogen-bond donors (Lipinski definition) is 0. The zero-order valence-corrected chi connectivity index (χ0v) is 8.54. The topological polar surface area (TPSA) is 17.1 Å². The molecular weight excluding hydrogens is 246 g/mol. The second-order valence-corrected chi connectivity index (χ2v) is 3.58. The Morgan fingerprint density at radius 3 is 2.67 bits per heavy atom. The molecule has 1 rings (SSSR count). The third kappa shape index (κ3) is 1.84. The molecule has 0 aliphatic heterocycles. The first-order valence-corrected chi connectivity index (χ1v) is 4.35. The third-order valence-corrected chi connectivity index (χ3v) is 2.16. The Kier molecular flexibility index (Phi) is 2.85. The summed E-state index contributed by atoms with van der Waals surface area (Å²) in [5.41, 5.74) is 0.691. The highest BCUT2D eigenvalue weighted by Gasteiger charge is 2.12. The van der Waals surface area contributed by atoms with Gasteiger partial charge < -0.3 is 0 Å². The van der Waals surface area contributed by atoms with Crippen LogP contribution in [0.5, 0.6) is 0 Å². The lowest BCUT2D eigenvalue weighted by molar-refractivity contribution is 0.107. The van der Waals surface area contributed by atoms with Crippen molar-refractivity contribution in [2.24, 2.45) is 0 Å². The van der Waals surface area contributed by atoms with Crippen LogP contribution in [0.4, 0.5) is 4.39 Å². The molecule has 0 unspecified atom stereocenters. The monoisotopic (exact) mass is 250 g/mol. The molecule has 0 saturated carbocycles. The van der Waals surface area contributed by atoms with Gasteiger partial charge in [0.15, 0.2) is 0 Å². The van der Waals surface area contributed by atoms with Gasteiger partial charge in [-0.1, -0.05) is 0 Å². The summed E-state index contributed by atoms with van der Waals surface area (Å²) in [4.78, 5) is 10.7. The SMILES string of the molecule is Cc1cc(Br)c(F)c(C(=O)Cl)c1. The zero-order valence-electron chi connectivity index (χ0n) is 6.20. The fraction of sp³-hybridized carbons (Fsp3) is 0.125. The van der Waals surface area contributed by atoms with Crippen molar-refractivity contribution in [3.05, 3.63) is 33.5 Å². The minimum Gasteiger partial charge on any atom is -0.275 e. The molecular formula is C8H5BrClFO. The lowest BCUT2D eigenvalue weighted by Gasteiger charge is -2.01. The molecule has 1 nitrogen and oxygen atoms in total. The van der Waals surface area contributed by atoms with Crippen LogP contribution in [0.15, 0.2) is 16.6 Å². The fourth-order valence-corrected chi connectivity index (χ4v) is 1.58. The molecule has 0 N–H and O–H groups in total. The molecule has 0 bridgehead atoms. The molecule has 1 aromatic rings. The maximum Gasteiger partial charge on any atom is 0.255 e. The number of rotatable bonds is 1. The average molecular weight is 251 g/mol. The number of benzene rings is 1. The molecule has 4 heteroatoms. The smallest absolute Gasteiger partial charge is 0.255 e. The third-order valence-electron chi connectivity index (χ3n) is 1.38. The van der Waals surface area contributed by atoms with E-state index in [-0.39, 0.29) is 10.0 Å². The largest absolute Gasteiger partial charge is 0.275 e. The van der Waals surface area contributed by atoms with Crippen LogP contribution < -0.4 is 0 Å². The van der Waals surface area contributed by atoms with E-state index in [0.29, 0.717) is 0 Å². The molecule has 1 aromatic carbocycles. The summed E-state index contributed by atoms with van der Waals surface area (Å²) in [7, 11) is 0. The van der Waals surface area contributed by atoms with Crippen LogP contribution in [0.3, 0.4) is 0 Å². The van der Waals surface area contributed by atoms with Crippen LogP contribution in [0.2, 0.25) is 0 Å². The second-order valence-electron chi connectivity index (χ2n) is 2.38. The van der Waals surface area contributed by atoms with Crippen LogP contribution in [-0.2, 0) is 0 Å². The van der Waals surface area contributed by atoms with E-state index in [9.17, 15) is 9.18 Å². The minimum atomic E-state index is -0.781. The Morgan fingerprint density at radius 2 is 2.17 bits per heavy atom. The van der Waals surface area contributed by atoms with Crippen molar-refractivity contribution >= 4 is 32.8 Å². The van der Waals surface area contributed by atoms with Gasteiger partial charge in [0.2, 0.25) is 0 Å². The van der Waals surface area contributed by atoms with E-state index in [1.165, 1.54) is 6.07 Å². The van der Waals surface area contributed by atoms with E-state index in [2.05, 4.69) is 15.9 Å². The highest BCUT2D eigenvalue weighted by atomic mass is 79.9. The number of halogens is 3. The van der Waals surface area contributed by atoms with Gasteiger partial charge in [-0.05, 0) is 52.2 Å². The van der Waals surface area contributed by atoms with Gasteiger partial charge in [0.1, 0.15) is 5.82 Å². The Balaban J connectivity index is 3.37. The van der Waals surface area contributed by atoms with Crippen LogP contribution in [0.1, 0.15) is 15.9 Å². The Morgan fingerprint density at radius 1 is 1.58 bits per heavy atom. The molecule has 64 valence electrons. The summed E-state index contributed by atoms with van der Waals surface area (Å²) in [5.74, 6) is -0.611. The second kappa shape index (κ2) is 3.54. The molecule has 12 heavy (non-hydrogen) atoms. The van der Waals surface area contributed by atoms with Gasteiger partial charge in [-0.2, -0.15) is 0 Å². The molecule has 0 atom stereocenters. The van der Waals surface area contributed by atoms with Crippen molar-refractivity contribution in [2.75, 3.05) is 0 Å². The first kappa shape index (κ1) is 9.68. The number of carbonyl (C=O) groups is 1. The van der Waals surface area contributed by atoms with Crippen molar-refractivity contribution in [3.8, 4) is 0 Å². The lowest BCUT2D eigenvalue weighted by atomic mass is 10.1. The van der Waals surface area contributed by atoms with Crippen molar-refractivity contribution < 1.29 is 9.18 Å².